The SMILES string of the molecule is C=CCCCCCCCCCN[C@H](CC(C)C)C(=O)N[C@H](CC(C)C)C(=O)[O-].[Na+]. The molecule has 2 atom stereocenters. The number of hydrogen-bond acceptors (Lipinski definition) is 4. The third-order valence-electron chi connectivity index (χ3n) is 4.81. The van der Waals surface area contributed by atoms with Crippen LogP contribution in [-0.4, -0.2) is 30.5 Å². The van der Waals surface area contributed by atoms with E-state index < -0.39 is 12.0 Å². The monoisotopic (exact) mass is 418 g/mol. The van der Waals surface area contributed by atoms with Gasteiger partial charge in [-0.05, 0) is 50.5 Å². The molecule has 0 aromatic rings. The molecule has 1 amide bonds. The summed E-state index contributed by atoms with van der Waals surface area (Å²) in [5, 5.41) is 17.3. The molecule has 6 heteroatoms. The molecule has 0 aliphatic rings. The van der Waals surface area contributed by atoms with Gasteiger partial charge in [0.05, 0.1) is 18.1 Å². The fraction of sp³-hybridized carbons (Fsp3) is 0.826. The molecule has 0 aliphatic heterocycles. The fourth-order valence-electron chi connectivity index (χ4n) is 3.29. The predicted molar refractivity (Wildman–Crippen MR) is 115 cm³/mol. The summed E-state index contributed by atoms with van der Waals surface area (Å²) >= 11 is 0. The van der Waals surface area contributed by atoms with Gasteiger partial charge in [0.2, 0.25) is 5.91 Å². The molecule has 5 nitrogen and oxygen atoms in total. The van der Waals surface area contributed by atoms with Crippen LogP contribution >= 0.6 is 0 Å². The molecular formula is C23H43N2NaO3. The van der Waals surface area contributed by atoms with Crippen LogP contribution in [0.5, 0.6) is 0 Å². The Morgan fingerprint density at radius 1 is 0.862 bits per heavy atom. The van der Waals surface area contributed by atoms with Crippen molar-refractivity contribution in [1.29, 1.82) is 0 Å². The number of carboxylic acids is 1. The minimum atomic E-state index is -1.21. The minimum absolute atomic E-state index is 0. The van der Waals surface area contributed by atoms with Gasteiger partial charge in [-0.25, -0.2) is 0 Å². The van der Waals surface area contributed by atoms with E-state index in [0.29, 0.717) is 18.8 Å². The number of rotatable bonds is 18. The molecule has 0 unspecified atom stereocenters. The van der Waals surface area contributed by atoms with Crippen LogP contribution in [0.4, 0.5) is 0 Å². The van der Waals surface area contributed by atoms with Crippen LogP contribution in [0.25, 0.3) is 0 Å². The Balaban J connectivity index is 0. The van der Waals surface area contributed by atoms with Crippen LogP contribution in [0.1, 0.15) is 91.9 Å². The average Bonchev–Trinajstić information content (AvgIpc) is 2.60. The topological polar surface area (TPSA) is 81.3 Å². The van der Waals surface area contributed by atoms with E-state index in [1.54, 1.807) is 0 Å². The smallest absolute Gasteiger partial charge is 0.548 e. The number of carboxylic acid groups (broad SMARTS) is 1. The summed E-state index contributed by atoms with van der Waals surface area (Å²) in [4.78, 5) is 23.9. The number of carbonyl (C=O) groups excluding carboxylic acids is 2. The molecule has 0 fully saturated rings. The maximum Gasteiger partial charge on any atom is 1.00 e. The molecule has 0 bridgehead atoms. The Labute approximate surface area is 201 Å². The van der Waals surface area contributed by atoms with Gasteiger partial charge in [0.25, 0.3) is 0 Å². The van der Waals surface area contributed by atoms with Crippen LogP contribution in [0.15, 0.2) is 12.7 Å². The van der Waals surface area contributed by atoms with Crippen molar-refractivity contribution < 1.29 is 44.3 Å². The van der Waals surface area contributed by atoms with Crippen molar-refractivity contribution in [3.05, 3.63) is 12.7 Å². The minimum Gasteiger partial charge on any atom is -0.548 e. The van der Waals surface area contributed by atoms with Crippen LogP contribution in [0.3, 0.4) is 0 Å². The molecule has 0 rings (SSSR count). The largest absolute Gasteiger partial charge is 1.00 e. The summed E-state index contributed by atoms with van der Waals surface area (Å²) in [5.41, 5.74) is 0. The van der Waals surface area contributed by atoms with Crippen LogP contribution in [0.2, 0.25) is 0 Å². The molecule has 0 aromatic heterocycles. The van der Waals surface area contributed by atoms with Gasteiger partial charge in [-0.2, -0.15) is 0 Å². The summed E-state index contributed by atoms with van der Waals surface area (Å²) < 4.78 is 0. The summed E-state index contributed by atoms with van der Waals surface area (Å²) in [7, 11) is 0. The Hall–Kier alpha value is -0.360. The zero-order chi connectivity index (χ0) is 21.4. The first-order chi connectivity index (χ1) is 13.3. The van der Waals surface area contributed by atoms with Crippen molar-refractivity contribution in [2.75, 3.05) is 6.54 Å². The first-order valence-electron chi connectivity index (χ1n) is 11.1. The third-order valence-corrected chi connectivity index (χ3v) is 4.81. The number of amides is 1. The van der Waals surface area contributed by atoms with Gasteiger partial charge in [-0.15, -0.1) is 6.58 Å². The number of unbranched alkanes of at least 4 members (excludes halogenated alkanes) is 7. The van der Waals surface area contributed by atoms with Crippen LogP contribution in [-0.2, 0) is 9.59 Å². The molecule has 0 heterocycles. The fourth-order valence-corrected chi connectivity index (χ4v) is 3.29. The van der Waals surface area contributed by atoms with Gasteiger partial charge in [0.1, 0.15) is 0 Å². The number of hydrogen-bond donors (Lipinski definition) is 2. The Morgan fingerprint density at radius 2 is 1.34 bits per heavy atom. The third kappa shape index (κ3) is 18.2. The summed E-state index contributed by atoms with van der Waals surface area (Å²) in [6, 6.07) is -1.28. The van der Waals surface area contributed by atoms with E-state index in [0.717, 1.165) is 25.8 Å². The van der Waals surface area contributed by atoms with E-state index >= 15 is 0 Å². The van der Waals surface area contributed by atoms with Gasteiger partial charge in [-0.1, -0.05) is 65.9 Å². The Kier molecular flexibility index (Phi) is 20.8. The van der Waals surface area contributed by atoms with Gasteiger partial charge in [0.15, 0.2) is 0 Å². The van der Waals surface area contributed by atoms with Crippen LogP contribution < -0.4 is 45.3 Å². The standard InChI is InChI=1S/C23H44N2O3.Na/c1-6-7-8-9-10-11-12-13-14-15-24-20(16-18(2)3)22(26)25-21(23(27)28)17-19(4)5;/h6,18-21,24H,1,7-17H2,2-5H3,(H,25,26)(H,27,28);/q;+1/p-1/t20-,21-;/m1./s1. The van der Waals surface area contributed by atoms with Gasteiger partial charge >= 0.3 is 29.6 Å². The molecule has 2 N–H and O–H groups in total. The van der Waals surface area contributed by atoms with Crippen molar-refractivity contribution in [3.63, 3.8) is 0 Å². The van der Waals surface area contributed by atoms with E-state index in [1.807, 2.05) is 19.9 Å². The van der Waals surface area contributed by atoms with Crippen molar-refractivity contribution in [2.45, 2.75) is 104 Å². The molecule has 0 aromatic carbocycles. The van der Waals surface area contributed by atoms with E-state index in [9.17, 15) is 14.7 Å². The second-order valence-corrected chi connectivity index (χ2v) is 8.70. The number of carbonyl (C=O) groups is 2. The van der Waals surface area contributed by atoms with E-state index in [2.05, 4.69) is 31.1 Å². The van der Waals surface area contributed by atoms with E-state index in [1.165, 1.54) is 32.1 Å². The van der Waals surface area contributed by atoms with E-state index in [4.69, 9.17) is 0 Å². The summed E-state index contributed by atoms with van der Waals surface area (Å²) in [6.07, 6.45) is 12.6. The molecule has 0 aliphatic carbocycles. The van der Waals surface area contributed by atoms with Crippen molar-refractivity contribution in [1.82, 2.24) is 10.6 Å². The molecular weight excluding hydrogens is 375 g/mol. The van der Waals surface area contributed by atoms with Crippen molar-refractivity contribution in [3.8, 4) is 0 Å². The maximum absolute atomic E-state index is 12.6. The maximum atomic E-state index is 12.6. The number of aliphatic carboxylic acids is 1. The molecule has 29 heavy (non-hydrogen) atoms. The normalized spacial score (nSPS) is 13.0. The zero-order valence-corrected chi connectivity index (χ0v) is 21.6. The van der Waals surface area contributed by atoms with Gasteiger partial charge in [-0.3, -0.25) is 4.79 Å². The molecule has 0 saturated heterocycles. The van der Waals surface area contributed by atoms with Crippen molar-refractivity contribution >= 4 is 11.9 Å². The summed E-state index contributed by atoms with van der Waals surface area (Å²) in [6.45, 7) is 12.5. The first kappa shape index (κ1) is 30.8. The number of nitrogens with one attached hydrogen (secondary N) is 2. The van der Waals surface area contributed by atoms with Crippen LogP contribution in [0, 0.1) is 11.8 Å². The molecule has 0 saturated carbocycles. The second kappa shape index (κ2) is 19.6. The Morgan fingerprint density at radius 3 is 1.83 bits per heavy atom. The number of allylic oxidation sites excluding steroid dienone is 1. The quantitative estimate of drug-likeness (QED) is 0.194. The first-order valence-corrected chi connectivity index (χ1v) is 11.1. The van der Waals surface area contributed by atoms with E-state index in [-0.39, 0.29) is 47.4 Å². The molecule has 0 spiro atoms. The second-order valence-electron chi connectivity index (χ2n) is 8.70. The molecule has 164 valence electrons. The molecule has 0 radical (unpaired) electrons. The zero-order valence-electron chi connectivity index (χ0n) is 19.6. The van der Waals surface area contributed by atoms with Gasteiger partial charge < -0.3 is 20.5 Å². The summed E-state index contributed by atoms with van der Waals surface area (Å²) in [5.74, 6) is -0.911. The predicted octanol–water partition coefficient (Wildman–Crippen LogP) is 0.582. The van der Waals surface area contributed by atoms with Crippen molar-refractivity contribution in [2.24, 2.45) is 11.8 Å². The Bertz CT molecular complexity index is 442. The van der Waals surface area contributed by atoms with Gasteiger partial charge in [0, 0.05) is 0 Å². The average molecular weight is 419 g/mol.